The lowest BCUT2D eigenvalue weighted by Crippen LogP contribution is -2.50. The number of aliphatic hydroxyl groups excluding tert-OH is 1. The van der Waals surface area contributed by atoms with E-state index < -0.39 is 6.10 Å². The summed E-state index contributed by atoms with van der Waals surface area (Å²) in [7, 11) is 0. The number of morpholine rings is 1. The van der Waals surface area contributed by atoms with E-state index in [2.05, 4.69) is 4.90 Å². The van der Waals surface area contributed by atoms with Crippen molar-refractivity contribution in [2.75, 3.05) is 32.9 Å². The fraction of sp³-hybridized carbons (Fsp3) is 0.600. The van der Waals surface area contributed by atoms with Crippen molar-refractivity contribution in [2.24, 2.45) is 0 Å². The Bertz CT molecular complexity index is 514. The molecule has 3 rings (SSSR count). The Morgan fingerprint density at radius 1 is 1.30 bits per heavy atom. The number of ether oxygens (including phenoxy) is 2. The van der Waals surface area contributed by atoms with Gasteiger partial charge in [0.05, 0.1) is 19.3 Å². The fourth-order valence-corrected chi connectivity index (χ4v) is 3.25. The minimum atomic E-state index is -0.560. The van der Waals surface area contributed by atoms with E-state index in [9.17, 15) is 5.11 Å². The van der Waals surface area contributed by atoms with E-state index in [4.69, 9.17) is 21.1 Å². The highest BCUT2D eigenvalue weighted by atomic mass is 35.5. The second kappa shape index (κ2) is 5.53. The highest BCUT2D eigenvalue weighted by molar-refractivity contribution is 6.32. The molecule has 2 heterocycles. The van der Waals surface area contributed by atoms with Crippen LogP contribution in [0.3, 0.4) is 0 Å². The van der Waals surface area contributed by atoms with Gasteiger partial charge in [0, 0.05) is 23.7 Å². The summed E-state index contributed by atoms with van der Waals surface area (Å²) in [6.45, 7) is 7.50. The van der Waals surface area contributed by atoms with Crippen LogP contribution in [0.4, 0.5) is 0 Å². The van der Waals surface area contributed by atoms with E-state index in [1.807, 2.05) is 19.9 Å². The number of nitrogens with zero attached hydrogens (tertiary/aromatic N) is 1. The summed E-state index contributed by atoms with van der Waals surface area (Å²) in [4.78, 5) is 2.24. The molecule has 1 N–H and O–H groups in total. The zero-order valence-electron chi connectivity index (χ0n) is 11.9. The molecule has 2 aliphatic heterocycles. The topological polar surface area (TPSA) is 41.9 Å². The monoisotopic (exact) mass is 297 g/mol. The van der Waals surface area contributed by atoms with Crippen molar-refractivity contribution in [3.05, 3.63) is 27.8 Å². The molecule has 1 aromatic carbocycles. The molecule has 0 aliphatic carbocycles. The predicted octanol–water partition coefficient (Wildman–Crippen LogP) is 2.08. The lowest BCUT2D eigenvalue weighted by atomic mass is 9.92. The highest BCUT2D eigenvalue weighted by Gasteiger charge is 2.36. The number of hydrogen-bond donors (Lipinski definition) is 1. The molecule has 110 valence electrons. The van der Waals surface area contributed by atoms with Crippen molar-refractivity contribution < 1.29 is 14.6 Å². The Labute approximate surface area is 124 Å². The van der Waals surface area contributed by atoms with E-state index in [0.717, 1.165) is 35.5 Å². The van der Waals surface area contributed by atoms with Crippen molar-refractivity contribution in [3.63, 3.8) is 0 Å². The fourth-order valence-electron chi connectivity index (χ4n) is 3.10. The zero-order chi connectivity index (χ0) is 14.3. The van der Waals surface area contributed by atoms with Gasteiger partial charge in [-0.25, -0.2) is 0 Å². The number of benzene rings is 1. The third kappa shape index (κ3) is 2.31. The molecule has 0 spiro atoms. The first-order valence-electron chi connectivity index (χ1n) is 7.02. The normalized spacial score (nSPS) is 27.0. The summed E-state index contributed by atoms with van der Waals surface area (Å²) in [5.41, 5.74) is 2.75. The molecule has 0 radical (unpaired) electrons. The van der Waals surface area contributed by atoms with Crippen molar-refractivity contribution in [1.82, 2.24) is 4.90 Å². The van der Waals surface area contributed by atoms with Crippen LogP contribution in [0.15, 0.2) is 6.07 Å². The SMILES string of the molecule is Cc1cc2c(c(C)c1Cl)C(O)C(N1CCOCC1)CO2. The summed E-state index contributed by atoms with van der Waals surface area (Å²) < 4.78 is 11.2. The maximum Gasteiger partial charge on any atom is 0.125 e. The third-order valence-electron chi connectivity index (χ3n) is 4.28. The average molecular weight is 298 g/mol. The summed E-state index contributed by atoms with van der Waals surface area (Å²) in [5, 5.41) is 11.5. The molecule has 2 aliphatic rings. The lowest BCUT2D eigenvalue weighted by Gasteiger charge is -2.40. The smallest absolute Gasteiger partial charge is 0.125 e. The Morgan fingerprint density at radius 2 is 2.00 bits per heavy atom. The molecule has 0 bridgehead atoms. The summed E-state index contributed by atoms with van der Waals surface area (Å²) in [6.07, 6.45) is -0.560. The zero-order valence-corrected chi connectivity index (χ0v) is 12.6. The van der Waals surface area contributed by atoms with Gasteiger partial charge in [0.1, 0.15) is 18.5 Å². The maximum atomic E-state index is 10.7. The molecule has 1 aromatic rings. The molecular weight excluding hydrogens is 278 g/mol. The van der Waals surface area contributed by atoms with Gasteiger partial charge < -0.3 is 14.6 Å². The number of hydrogen-bond acceptors (Lipinski definition) is 4. The summed E-state index contributed by atoms with van der Waals surface area (Å²) in [6, 6.07) is 1.90. The number of aryl methyl sites for hydroxylation is 1. The van der Waals surface area contributed by atoms with Gasteiger partial charge in [0.15, 0.2) is 0 Å². The van der Waals surface area contributed by atoms with Crippen LogP contribution < -0.4 is 4.74 Å². The maximum absolute atomic E-state index is 10.7. The molecule has 0 aromatic heterocycles. The first-order chi connectivity index (χ1) is 9.59. The van der Waals surface area contributed by atoms with Gasteiger partial charge >= 0.3 is 0 Å². The van der Waals surface area contributed by atoms with Crippen LogP contribution in [0.5, 0.6) is 5.75 Å². The van der Waals surface area contributed by atoms with E-state index in [-0.39, 0.29) is 6.04 Å². The number of rotatable bonds is 1. The van der Waals surface area contributed by atoms with E-state index >= 15 is 0 Å². The molecule has 1 saturated heterocycles. The first kappa shape index (κ1) is 14.1. The minimum Gasteiger partial charge on any atom is -0.491 e. The second-order valence-electron chi connectivity index (χ2n) is 5.52. The number of halogens is 1. The van der Waals surface area contributed by atoms with Crippen LogP contribution in [0, 0.1) is 13.8 Å². The first-order valence-corrected chi connectivity index (χ1v) is 7.39. The van der Waals surface area contributed by atoms with E-state index in [1.165, 1.54) is 0 Å². The van der Waals surface area contributed by atoms with Gasteiger partial charge in [-0.05, 0) is 31.0 Å². The standard InChI is InChI=1S/C15H20ClNO3/c1-9-7-12-13(10(2)14(9)16)15(18)11(8-20-12)17-3-5-19-6-4-17/h7,11,15,18H,3-6,8H2,1-2H3. The van der Waals surface area contributed by atoms with Crippen molar-refractivity contribution >= 4 is 11.6 Å². The predicted molar refractivity (Wildman–Crippen MR) is 77.6 cm³/mol. The highest BCUT2D eigenvalue weighted by Crippen LogP contribution is 2.40. The molecule has 20 heavy (non-hydrogen) atoms. The Kier molecular flexibility index (Phi) is 3.91. The third-order valence-corrected chi connectivity index (χ3v) is 4.86. The van der Waals surface area contributed by atoms with E-state index in [0.29, 0.717) is 24.8 Å². The molecule has 0 saturated carbocycles. The van der Waals surface area contributed by atoms with Gasteiger partial charge in [-0.1, -0.05) is 11.6 Å². The van der Waals surface area contributed by atoms with Crippen LogP contribution in [0.25, 0.3) is 0 Å². The van der Waals surface area contributed by atoms with Gasteiger partial charge in [-0.15, -0.1) is 0 Å². The Morgan fingerprint density at radius 3 is 2.70 bits per heavy atom. The van der Waals surface area contributed by atoms with Crippen LogP contribution in [0.2, 0.25) is 5.02 Å². The van der Waals surface area contributed by atoms with Gasteiger partial charge in [0.2, 0.25) is 0 Å². The van der Waals surface area contributed by atoms with Crippen LogP contribution in [-0.2, 0) is 4.74 Å². The Hall–Kier alpha value is -0.810. The molecule has 4 nitrogen and oxygen atoms in total. The Balaban J connectivity index is 1.93. The second-order valence-corrected chi connectivity index (χ2v) is 5.89. The quantitative estimate of drug-likeness (QED) is 0.862. The molecule has 0 amide bonds. The summed E-state index contributed by atoms with van der Waals surface area (Å²) in [5.74, 6) is 0.765. The molecule has 2 unspecified atom stereocenters. The molecular formula is C15H20ClNO3. The number of aliphatic hydroxyl groups is 1. The van der Waals surface area contributed by atoms with Gasteiger partial charge in [-0.2, -0.15) is 0 Å². The largest absolute Gasteiger partial charge is 0.491 e. The van der Waals surface area contributed by atoms with Crippen molar-refractivity contribution in [3.8, 4) is 5.75 Å². The van der Waals surface area contributed by atoms with Crippen LogP contribution in [0.1, 0.15) is 22.8 Å². The van der Waals surface area contributed by atoms with E-state index in [1.54, 1.807) is 0 Å². The van der Waals surface area contributed by atoms with Crippen LogP contribution in [-0.4, -0.2) is 49.0 Å². The number of fused-ring (bicyclic) bond motifs is 1. The lowest BCUT2D eigenvalue weighted by molar-refractivity contribution is -0.0456. The van der Waals surface area contributed by atoms with Crippen LogP contribution >= 0.6 is 11.6 Å². The summed E-state index contributed by atoms with van der Waals surface area (Å²) >= 11 is 6.31. The molecule has 1 fully saturated rings. The van der Waals surface area contributed by atoms with Crippen molar-refractivity contribution in [2.45, 2.75) is 26.0 Å². The molecule has 2 atom stereocenters. The van der Waals surface area contributed by atoms with Gasteiger partial charge in [0.25, 0.3) is 0 Å². The minimum absolute atomic E-state index is 0.0242. The average Bonchev–Trinajstić information content (AvgIpc) is 2.46. The van der Waals surface area contributed by atoms with Gasteiger partial charge in [-0.3, -0.25) is 4.90 Å². The van der Waals surface area contributed by atoms with Crippen molar-refractivity contribution in [1.29, 1.82) is 0 Å². The molecule has 5 heteroatoms.